The van der Waals surface area contributed by atoms with Crippen LogP contribution in [0.2, 0.25) is 0 Å². The summed E-state index contributed by atoms with van der Waals surface area (Å²) >= 11 is 7.25. The van der Waals surface area contributed by atoms with Crippen LogP contribution in [0.3, 0.4) is 0 Å². The Bertz CT molecular complexity index is 538. The molecule has 1 aromatic carbocycles. The van der Waals surface area contributed by atoms with Gasteiger partial charge in [-0.15, -0.1) is 0 Å². The Morgan fingerprint density at radius 3 is 3.12 bits per heavy atom. The number of nitrogens with one attached hydrogen (secondary N) is 1. The second-order valence-corrected chi connectivity index (χ2v) is 4.96. The molecule has 1 heterocycles. The number of fused-ring (bicyclic) bond motifs is 1. The topological polar surface area (TPSA) is 37.9 Å². The number of thioether (sulfide) groups is 1. The Morgan fingerprint density at radius 2 is 2.41 bits per heavy atom. The highest BCUT2D eigenvalue weighted by Gasteiger charge is 2.04. The quantitative estimate of drug-likeness (QED) is 0.838. The van der Waals surface area contributed by atoms with Crippen molar-refractivity contribution < 1.29 is 4.74 Å². The molecular weight excluding hydrogens is 256 g/mol. The lowest BCUT2D eigenvalue weighted by atomic mass is 10.3. The summed E-state index contributed by atoms with van der Waals surface area (Å²) in [6.45, 7) is 6.27. The second kappa shape index (κ2) is 5.47. The van der Waals surface area contributed by atoms with E-state index in [1.54, 1.807) is 0 Å². The molecule has 1 aromatic heterocycles. The molecule has 2 aromatic rings. The molecule has 0 radical (unpaired) electrons. The van der Waals surface area contributed by atoms with Gasteiger partial charge in [-0.3, -0.25) is 0 Å². The van der Waals surface area contributed by atoms with E-state index >= 15 is 0 Å². The van der Waals surface area contributed by atoms with E-state index in [-0.39, 0.29) is 0 Å². The van der Waals surface area contributed by atoms with E-state index in [0.29, 0.717) is 17.4 Å². The molecule has 0 aliphatic rings. The van der Waals surface area contributed by atoms with Crippen LogP contribution >= 0.6 is 23.4 Å². The molecule has 0 amide bonds. The molecule has 17 heavy (non-hydrogen) atoms. The summed E-state index contributed by atoms with van der Waals surface area (Å²) < 4.78 is 5.43. The molecule has 0 bridgehead atoms. The lowest BCUT2D eigenvalue weighted by molar-refractivity contribution is 0.340. The number of aromatic amines is 1. The van der Waals surface area contributed by atoms with Gasteiger partial charge in [0.1, 0.15) is 5.75 Å². The number of imidazole rings is 1. The molecule has 2 rings (SSSR count). The summed E-state index contributed by atoms with van der Waals surface area (Å²) in [5.74, 6) is 1.50. The largest absolute Gasteiger partial charge is 0.494 e. The van der Waals surface area contributed by atoms with Gasteiger partial charge in [0.05, 0.1) is 17.6 Å². The number of aromatic nitrogens is 2. The predicted octanol–water partition coefficient (Wildman–Crippen LogP) is 3.81. The van der Waals surface area contributed by atoms with Crippen LogP contribution in [0.4, 0.5) is 0 Å². The molecule has 0 fully saturated rings. The lowest BCUT2D eigenvalue weighted by Gasteiger charge is -2.00. The normalized spacial score (nSPS) is 10.7. The summed E-state index contributed by atoms with van der Waals surface area (Å²) in [7, 11) is 0. The first-order valence-electron chi connectivity index (χ1n) is 5.27. The zero-order valence-corrected chi connectivity index (χ0v) is 11.1. The van der Waals surface area contributed by atoms with E-state index < -0.39 is 0 Å². The van der Waals surface area contributed by atoms with E-state index in [4.69, 9.17) is 16.3 Å². The molecule has 0 saturated carbocycles. The van der Waals surface area contributed by atoms with Crippen LogP contribution in [0, 0.1) is 0 Å². The maximum absolute atomic E-state index is 5.72. The Hall–Kier alpha value is -1.13. The SMILES string of the molecule is C=C(Cl)CSc1nc2ccc(OCC)cc2[nH]1. The number of halogens is 1. The highest BCUT2D eigenvalue weighted by Crippen LogP contribution is 2.24. The van der Waals surface area contributed by atoms with Crippen LogP contribution in [0.25, 0.3) is 11.0 Å². The number of hydrogen-bond acceptors (Lipinski definition) is 3. The van der Waals surface area contributed by atoms with Crippen molar-refractivity contribution in [1.82, 2.24) is 9.97 Å². The van der Waals surface area contributed by atoms with Gasteiger partial charge in [0.25, 0.3) is 0 Å². The molecule has 90 valence electrons. The second-order valence-electron chi connectivity index (χ2n) is 3.46. The lowest BCUT2D eigenvalue weighted by Crippen LogP contribution is -1.90. The van der Waals surface area contributed by atoms with Crippen LogP contribution in [-0.4, -0.2) is 22.3 Å². The molecule has 1 N–H and O–H groups in total. The van der Waals surface area contributed by atoms with Crippen molar-refractivity contribution in [3.8, 4) is 5.75 Å². The number of nitrogens with zero attached hydrogens (tertiary/aromatic N) is 1. The van der Waals surface area contributed by atoms with E-state index in [1.165, 1.54) is 11.8 Å². The minimum atomic E-state index is 0.616. The third kappa shape index (κ3) is 3.17. The fourth-order valence-electron chi connectivity index (χ4n) is 1.44. The van der Waals surface area contributed by atoms with Gasteiger partial charge in [0, 0.05) is 16.9 Å². The minimum Gasteiger partial charge on any atom is -0.494 e. The third-order valence-corrected chi connectivity index (χ3v) is 3.36. The highest BCUT2D eigenvalue weighted by molar-refractivity contribution is 7.99. The van der Waals surface area contributed by atoms with Crippen molar-refractivity contribution in [2.45, 2.75) is 12.1 Å². The number of benzene rings is 1. The summed E-state index contributed by atoms with van der Waals surface area (Å²) in [4.78, 5) is 7.66. The van der Waals surface area contributed by atoms with E-state index in [1.807, 2.05) is 25.1 Å². The fourth-order valence-corrected chi connectivity index (χ4v) is 2.24. The number of ether oxygens (including phenoxy) is 1. The van der Waals surface area contributed by atoms with Gasteiger partial charge < -0.3 is 9.72 Å². The minimum absolute atomic E-state index is 0.616. The third-order valence-electron chi connectivity index (χ3n) is 2.11. The van der Waals surface area contributed by atoms with Gasteiger partial charge in [-0.05, 0) is 19.1 Å². The molecule has 5 heteroatoms. The Labute approximate surface area is 109 Å². The summed E-state index contributed by atoms with van der Waals surface area (Å²) in [6, 6.07) is 5.81. The van der Waals surface area contributed by atoms with Crippen molar-refractivity contribution in [1.29, 1.82) is 0 Å². The van der Waals surface area contributed by atoms with Crippen LogP contribution < -0.4 is 4.74 Å². The fraction of sp³-hybridized carbons (Fsp3) is 0.250. The van der Waals surface area contributed by atoms with E-state index in [2.05, 4.69) is 16.5 Å². The molecular formula is C12H13ClN2OS. The van der Waals surface area contributed by atoms with Crippen molar-refractivity contribution in [3.63, 3.8) is 0 Å². The number of hydrogen-bond donors (Lipinski definition) is 1. The highest BCUT2D eigenvalue weighted by atomic mass is 35.5. The molecule has 0 spiro atoms. The van der Waals surface area contributed by atoms with E-state index in [9.17, 15) is 0 Å². The van der Waals surface area contributed by atoms with Crippen molar-refractivity contribution >= 4 is 34.4 Å². The van der Waals surface area contributed by atoms with Gasteiger partial charge >= 0.3 is 0 Å². The number of H-pyrrole nitrogens is 1. The molecule has 0 aliphatic carbocycles. The first-order valence-corrected chi connectivity index (χ1v) is 6.64. The molecule has 0 saturated heterocycles. The average molecular weight is 269 g/mol. The first kappa shape index (κ1) is 12.3. The zero-order valence-electron chi connectivity index (χ0n) is 9.50. The predicted molar refractivity (Wildman–Crippen MR) is 73.0 cm³/mol. The Kier molecular flexibility index (Phi) is 3.97. The Balaban J connectivity index is 2.21. The van der Waals surface area contributed by atoms with Crippen molar-refractivity contribution in [2.24, 2.45) is 0 Å². The van der Waals surface area contributed by atoms with Gasteiger partial charge in [-0.25, -0.2) is 4.98 Å². The van der Waals surface area contributed by atoms with E-state index in [0.717, 1.165) is 21.9 Å². The van der Waals surface area contributed by atoms with Crippen LogP contribution in [0.5, 0.6) is 5.75 Å². The Morgan fingerprint density at radius 1 is 1.59 bits per heavy atom. The average Bonchev–Trinajstić information content (AvgIpc) is 2.69. The molecule has 0 atom stereocenters. The van der Waals surface area contributed by atoms with Crippen molar-refractivity contribution in [3.05, 3.63) is 29.8 Å². The van der Waals surface area contributed by atoms with Crippen LogP contribution in [-0.2, 0) is 0 Å². The zero-order chi connectivity index (χ0) is 12.3. The molecule has 3 nitrogen and oxygen atoms in total. The summed E-state index contributed by atoms with van der Waals surface area (Å²) in [6.07, 6.45) is 0. The molecule has 0 unspecified atom stereocenters. The smallest absolute Gasteiger partial charge is 0.166 e. The molecule has 0 aliphatic heterocycles. The standard InChI is InChI=1S/C12H13ClN2OS/c1-3-16-9-4-5-10-11(6-9)15-12(14-10)17-7-8(2)13/h4-6H,2-3,7H2,1H3,(H,14,15). The van der Waals surface area contributed by atoms with Crippen LogP contribution in [0.1, 0.15) is 6.92 Å². The monoisotopic (exact) mass is 268 g/mol. The van der Waals surface area contributed by atoms with Gasteiger partial charge in [0.15, 0.2) is 5.16 Å². The first-order chi connectivity index (χ1) is 8.19. The van der Waals surface area contributed by atoms with Gasteiger partial charge in [-0.2, -0.15) is 0 Å². The maximum Gasteiger partial charge on any atom is 0.166 e. The number of rotatable bonds is 5. The maximum atomic E-state index is 5.72. The summed E-state index contributed by atoms with van der Waals surface area (Å²) in [5, 5.41) is 1.46. The van der Waals surface area contributed by atoms with Crippen molar-refractivity contribution in [2.75, 3.05) is 12.4 Å². The van der Waals surface area contributed by atoms with Gasteiger partial charge in [-0.1, -0.05) is 29.9 Å². The van der Waals surface area contributed by atoms with Gasteiger partial charge in [0.2, 0.25) is 0 Å². The van der Waals surface area contributed by atoms with Crippen LogP contribution in [0.15, 0.2) is 35.0 Å². The summed E-state index contributed by atoms with van der Waals surface area (Å²) in [5.41, 5.74) is 1.90.